The van der Waals surface area contributed by atoms with Gasteiger partial charge in [0.25, 0.3) is 0 Å². The predicted octanol–water partition coefficient (Wildman–Crippen LogP) is 5.64. The number of rotatable bonds is 14. The normalized spacial score (nSPS) is 17.4. The van der Waals surface area contributed by atoms with Crippen molar-refractivity contribution >= 4 is 31.9 Å². The third kappa shape index (κ3) is 14.2. The zero-order valence-corrected chi connectivity index (χ0v) is 17.1. The molecular formula is C16H32Br2O3. The minimum atomic E-state index is -0.154. The van der Waals surface area contributed by atoms with Gasteiger partial charge in [0.15, 0.2) is 12.6 Å². The molecule has 0 saturated carbocycles. The lowest BCUT2D eigenvalue weighted by atomic mass is 10.2. The summed E-state index contributed by atoms with van der Waals surface area (Å²) < 4.78 is 17.4. The van der Waals surface area contributed by atoms with Gasteiger partial charge in [0.05, 0.1) is 0 Å². The van der Waals surface area contributed by atoms with Gasteiger partial charge in [0.1, 0.15) is 0 Å². The Morgan fingerprint density at radius 1 is 0.714 bits per heavy atom. The van der Waals surface area contributed by atoms with Gasteiger partial charge in [-0.05, 0) is 52.4 Å². The van der Waals surface area contributed by atoms with Gasteiger partial charge >= 0.3 is 0 Å². The molecule has 0 aliphatic carbocycles. The summed E-state index contributed by atoms with van der Waals surface area (Å²) in [5.74, 6) is 0. The molecule has 0 aliphatic rings. The van der Waals surface area contributed by atoms with E-state index in [9.17, 15) is 0 Å². The number of hydrogen-bond donors (Lipinski definition) is 0. The minimum absolute atomic E-state index is 0.154. The van der Waals surface area contributed by atoms with E-state index in [4.69, 9.17) is 14.2 Å². The van der Waals surface area contributed by atoms with Gasteiger partial charge in [-0.2, -0.15) is 0 Å². The second kappa shape index (κ2) is 14.4. The molecule has 3 nitrogen and oxygen atoms in total. The molecule has 0 fully saturated rings. The van der Waals surface area contributed by atoms with Gasteiger partial charge in [-0.1, -0.05) is 45.7 Å². The van der Waals surface area contributed by atoms with Crippen molar-refractivity contribution in [1.82, 2.24) is 0 Å². The van der Waals surface area contributed by atoms with Crippen LogP contribution in [0.15, 0.2) is 0 Å². The Kier molecular flexibility index (Phi) is 15.0. The van der Waals surface area contributed by atoms with Gasteiger partial charge in [-0.25, -0.2) is 0 Å². The van der Waals surface area contributed by atoms with Crippen LogP contribution in [0.1, 0.15) is 66.2 Å². The predicted molar refractivity (Wildman–Crippen MR) is 96.4 cm³/mol. The summed E-state index contributed by atoms with van der Waals surface area (Å²) in [5.41, 5.74) is 0. The van der Waals surface area contributed by atoms with Crippen LogP contribution in [0, 0.1) is 0 Å². The molecule has 0 spiro atoms. The fourth-order valence-electron chi connectivity index (χ4n) is 2.05. The van der Waals surface area contributed by atoms with Gasteiger partial charge in [0, 0.05) is 22.9 Å². The lowest BCUT2D eigenvalue weighted by Gasteiger charge is -2.25. The van der Waals surface area contributed by atoms with E-state index in [-0.39, 0.29) is 12.6 Å². The molecule has 0 aromatic heterocycles. The van der Waals surface area contributed by atoms with Gasteiger partial charge < -0.3 is 14.2 Å². The van der Waals surface area contributed by atoms with Crippen LogP contribution in [0.3, 0.4) is 0 Å². The maximum Gasteiger partial charge on any atom is 0.160 e. The summed E-state index contributed by atoms with van der Waals surface area (Å²) in [4.78, 5) is 1.09. The summed E-state index contributed by atoms with van der Waals surface area (Å²) in [7, 11) is 0. The fourth-order valence-corrected chi connectivity index (χ4v) is 2.70. The molecule has 21 heavy (non-hydrogen) atoms. The van der Waals surface area contributed by atoms with Gasteiger partial charge in [0.2, 0.25) is 0 Å². The van der Waals surface area contributed by atoms with Crippen molar-refractivity contribution in [2.24, 2.45) is 0 Å². The fraction of sp³-hybridized carbons (Fsp3) is 1.00. The van der Waals surface area contributed by atoms with Crippen LogP contribution in [0.5, 0.6) is 0 Å². The van der Waals surface area contributed by atoms with Crippen molar-refractivity contribution in [3.8, 4) is 0 Å². The topological polar surface area (TPSA) is 27.7 Å². The maximum atomic E-state index is 6.02. The molecule has 0 rings (SSSR count). The highest BCUT2D eigenvalue weighted by Crippen LogP contribution is 2.18. The molecule has 0 N–H and O–H groups in total. The Morgan fingerprint density at radius 3 is 1.38 bits per heavy atom. The highest BCUT2D eigenvalue weighted by molar-refractivity contribution is 9.09. The zero-order chi connectivity index (χ0) is 16.1. The highest BCUT2D eigenvalue weighted by Gasteiger charge is 2.17. The number of alkyl halides is 2. The van der Waals surface area contributed by atoms with Gasteiger partial charge in [-0.15, -0.1) is 0 Å². The lowest BCUT2D eigenvalue weighted by molar-refractivity contribution is -0.247. The summed E-state index contributed by atoms with van der Waals surface area (Å²) in [5, 5.41) is 0. The Bertz CT molecular complexity index is 204. The molecule has 0 saturated heterocycles. The van der Waals surface area contributed by atoms with Crippen LogP contribution in [-0.4, -0.2) is 35.4 Å². The van der Waals surface area contributed by atoms with Crippen molar-refractivity contribution in [2.75, 3.05) is 13.2 Å². The van der Waals surface area contributed by atoms with Crippen molar-refractivity contribution < 1.29 is 14.2 Å². The maximum absolute atomic E-state index is 6.02. The van der Waals surface area contributed by atoms with Crippen LogP contribution >= 0.6 is 31.9 Å². The molecule has 0 bridgehead atoms. The molecule has 0 heterocycles. The summed E-state index contributed by atoms with van der Waals surface area (Å²) in [6, 6.07) is 0. The first-order valence-electron chi connectivity index (χ1n) is 8.16. The average molecular weight is 432 g/mol. The van der Waals surface area contributed by atoms with Crippen LogP contribution < -0.4 is 0 Å². The SMILES string of the molecule is CCOC(CCCC(C)Br)OC(CCCC(C)Br)OCC. The standard InChI is InChI=1S/C16H32Br2O3/c1-5-19-15(11-7-9-13(3)17)21-16(20-6-2)12-8-10-14(4)18/h13-16H,5-12H2,1-4H3. The second-order valence-corrected chi connectivity index (χ2v) is 8.46. The molecule has 4 unspecified atom stereocenters. The number of halogens is 2. The molecule has 4 atom stereocenters. The first-order chi connectivity index (χ1) is 9.99. The third-order valence-corrected chi connectivity index (χ3v) is 4.01. The van der Waals surface area contributed by atoms with Crippen molar-refractivity contribution in [1.29, 1.82) is 0 Å². The Morgan fingerprint density at radius 2 is 1.10 bits per heavy atom. The Balaban J connectivity index is 4.16. The zero-order valence-electron chi connectivity index (χ0n) is 13.9. The van der Waals surface area contributed by atoms with E-state index in [1.165, 1.54) is 0 Å². The second-order valence-electron chi connectivity index (χ2n) is 5.33. The Hall–Kier alpha value is 0.840. The molecule has 0 aliphatic heterocycles. The molecule has 0 aromatic carbocycles. The lowest BCUT2D eigenvalue weighted by Crippen LogP contribution is -2.27. The Labute approximate surface area is 147 Å². The summed E-state index contributed by atoms with van der Waals surface area (Å²) >= 11 is 7.15. The third-order valence-electron chi connectivity index (χ3n) is 3.09. The monoisotopic (exact) mass is 430 g/mol. The highest BCUT2D eigenvalue weighted by atomic mass is 79.9. The van der Waals surface area contributed by atoms with Gasteiger partial charge in [-0.3, -0.25) is 0 Å². The van der Waals surface area contributed by atoms with Crippen LogP contribution in [-0.2, 0) is 14.2 Å². The molecule has 0 aromatic rings. The summed E-state index contributed by atoms with van der Waals surface area (Å²) in [6.07, 6.45) is 5.98. The summed E-state index contributed by atoms with van der Waals surface area (Å²) in [6.45, 7) is 9.69. The molecule has 128 valence electrons. The van der Waals surface area contributed by atoms with E-state index < -0.39 is 0 Å². The van der Waals surface area contributed by atoms with Crippen LogP contribution in [0.4, 0.5) is 0 Å². The van der Waals surface area contributed by atoms with Crippen molar-refractivity contribution in [3.63, 3.8) is 0 Å². The van der Waals surface area contributed by atoms with Crippen LogP contribution in [0.2, 0.25) is 0 Å². The number of hydrogen-bond acceptors (Lipinski definition) is 3. The molecular weight excluding hydrogens is 400 g/mol. The van der Waals surface area contributed by atoms with E-state index in [0.717, 1.165) is 38.5 Å². The van der Waals surface area contributed by atoms with E-state index in [2.05, 4.69) is 45.7 Å². The first kappa shape index (κ1) is 21.8. The van der Waals surface area contributed by atoms with E-state index in [0.29, 0.717) is 22.9 Å². The molecule has 5 heteroatoms. The van der Waals surface area contributed by atoms with Crippen molar-refractivity contribution in [2.45, 2.75) is 88.5 Å². The van der Waals surface area contributed by atoms with Crippen LogP contribution in [0.25, 0.3) is 0 Å². The number of ether oxygens (including phenoxy) is 3. The largest absolute Gasteiger partial charge is 0.353 e. The molecule has 0 radical (unpaired) electrons. The van der Waals surface area contributed by atoms with E-state index in [1.54, 1.807) is 0 Å². The van der Waals surface area contributed by atoms with E-state index in [1.807, 2.05) is 13.8 Å². The first-order valence-corrected chi connectivity index (χ1v) is 9.99. The average Bonchev–Trinajstić information content (AvgIpc) is 2.38. The smallest absolute Gasteiger partial charge is 0.160 e. The quantitative estimate of drug-likeness (QED) is 0.263. The minimum Gasteiger partial charge on any atom is -0.353 e. The van der Waals surface area contributed by atoms with E-state index >= 15 is 0 Å². The van der Waals surface area contributed by atoms with Crippen molar-refractivity contribution in [3.05, 3.63) is 0 Å². The molecule has 0 amide bonds.